The van der Waals surface area contributed by atoms with E-state index in [1.165, 1.54) is 16.8 Å². The van der Waals surface area contributed by atoms with Gasteiger partial charge in [-0.2, -0.15) is 0 Å². The summed E-state index contributed by atoms with van der Waals surface area (Å²) in [7, 11) is 1.50. The maximum Gasteiger partial charge on any atom is 0.246 e. The molecule has 3 aromatic carbocycles. The topological polar surface area (TPSA) is 95.0 Å². The zero-order valence-corrected chi connectivity index (χ0v) is 24.9. The molecule has 3 fully saturated rings. The van der Waals surface area contributed by atoms with Gasteiger partial charge in [-0.25, -0.2) is 4.90 Å². The summed E-state index contributed by atoms with van der Waals surface area (Å²) in [6.45, 7) is 0. The Labute approximate surface area is 255 Å². The molecule has 2 aliphatic heterocycles. The van der Waals surface area contributed by atoms with Gasteiger partial charge in [0, 0.05) is 28.0 Å². The Morgan fingerprint density at radius 3 is 2.40 bits per heavy atom. The summed E-state index contributed by atoms with van der Waals surface area (Å²) in [4.78, 5) is 58.6. The molecule has 0 radical (unpaired) electrons. The van der Waals surface area contributed by atoms with Crippen molar-refractivity contribution in [1.29, 1.82) is 0 Å². The quantitative estimate of drug-likeness (QED) is 0.296. The number of hydrogen-bond acceptors (Lipinski definition) is 5. The van der Waals surface area contributed by atoms with Crippen LogP contribution in [0.3, 0.4) is 0 Å². The fraction of sp³-hybridized carbons (Fsp3) is 0.273. The number of anilines is 1. The molecule has 2 saturated heterocycles. The highest BCUT2D eigenvalue weighted by atomic mass is 79.9. The lowest BCUT2D eigenvalue weighted by Crippen LogP contribution is -2.53. The van der Waals surface area contributed by atoms with Crippen LogP contribution >= 0.6 is 27.5 Å². The van der Waals surface area contributed by atoms with E-state index in [-0.39, 0.29) is 24.0 Å². The van der Waals surface area contributed by atoms with Crippen molar-refractivity contribution in [2.24, 2.45) is 23.7 Å². The molecule has 7 nitrogen and oxygen atoms in total. The molecule has 1 N–H and O–H groups in total. The molecule has 2 heterocycles. The highest BCUT2D eigenvalue weighted by molar-refractivity contribution is 9.10. The van der Waals surface area contributed by atoms with Crippen LogP contribution in [0.15, 0.2) is 88.9 Å². The van der Waals surface area contributed by atoms with Gasteiger partial charge in [0.1, 0.15) is 5.75 Å². The summed E-state index contributed by atoms with van der Waals surface area (Å²) in [5, 5.41) is 11.7. The number of hydrogen-bond donors (Lipinski definition) is 1. The molecule has 1 saturated carbocycles. The van der Waals surface area contributed by atoms with Crippen molar-refractivity contribution in [2.45, 2.75) is 24.2 Å². The van der Waals surface area contributed by atoms with Crippen molar-refractivity contribution in [3.8, 4) is 5.75 Å². The van der Waals surface area contributed by atoms with Crippen LogP contribution in [0, 0.1) is 23.7 Å². The number of phenols is 1. The van der Waals surface area contributed by atoms with E-state index in [0.717, 1.165) is 5.57 Å². The normalized spacial score (nSPS) is 30.3. The largest absolute Gasteiger partial charge is 0.508 e. The number of carbonyl (C=O) groups excluding carboxylic acids is 4. The Bertz CT molecular complexity index is 1720. The Hall–Kier alpha value is -3.75. The molecule has 4 aliphatic rings. The van der Waals surface area contributed by atoms with Crippen molar-refractivity contribution in [1.82, 2.24) is 4.90 Å². The molecular weight excluding hydrogens is 620 g/mol. The van der Waals surface area contributed by atoms with E-state index in [4.69, 9.17) is 11.6 Å². The highest BCUT2D eigenvalue weighted by Crippen LogP contribution is 2.65. The standard InChI is InChI=1S/C33H26BrClN2O5/c1-36-29(39)22-12-11-21-23(27(22)31(36)41)16-25-30(40)37(20-9-5-8-19(35)15-20)32(42)33(25,17-6-3-2-4-7-17)28(21)24-14-18(34)10-13-26(24)38/h2-11,13-15,22-23,25,27-28,38H,12,16H2,1H3. The molecule has 0 aromatic heterocycles. The van der Waals surface area contributed by atoms with Crippen LogP contribution in [-0.4, -0.2) is 40.7 Å². The third-order valence-electron chi connectivity index (χ3n) is 9.69. The molecule has 7 rings (SSSR count). The molecule has 0 spiro atoms. The monoisotopic (exact) mass is 644 g/mol. The van der Waals surface area contributed by atoms with Gasteiger partial charge in [0.05, 0.1) is 28.9 Å². The number of fused-ring (bicyclic) bond motifs is 4. The number of rotatable bonds is 3. The number of carbonyl (C=O) groups is 4. The molecule has 42 heavy (non-hydrogen) atoms. The van der Waals surface area contributed by atoms with Crippen LogP contribution in [-0.2, 0) is 24.6 Å². The van der Waals surface area contributed by atoms with Crippen LogP contribution < -0.4 is 4.90 Å². The maximum atomic E-state index is 15.0. The van der Waals surface area contributed by atoms with Crippen molar-refractivity contribution < 1.29 is 24.3 Å². The summed E-state index contributed by atoms with van der Waals surface area (Å²) in [5.74, 6) is -4.60. The molecule has 212 valence electrons. The number of amides is 4. The smallest absolute Gasteiger partial charge is 0.246 e. The first-order valence-electron chi connectivity index (χ1n) is 13.9. The zero-order chi connectivity index (χ0) is 29.5. The van der Waals surface area contributed by atoms with Crippen LogP contribution in [0.2, 0.25) is 5.02 Å². The molecule has 4 amide bonds. The SMILES string of the molecule is CN1C(=O)C2CC=C3C(CC4C(=O)N(c5cccc(Cl)c5)C(=O)C4(c4ccccc4)C3c3cc(Br)ccc3O)C2C1=O. The van der Waals surface area contributed by atoms with Crippen molar-refractivity contribution in [3.05, 3.63) is 105 Å². The molecular formula is C33H26BrClN2O5. The second-order valence-electron chi connectivity index (χ2n) is 11.5. The predicted octanol–water partition coefficient (Wildman–Crippen LogP) is 5.60. The predicted molar refractivity (Wildman–Crippen MR) is 160 cm³/mol. The van der Waals surface area contributed by atoms with Gasteiger partial charge in [-0.1, -0.05) is 75.6 Å². The van der Waals surface area contributed by atoms with E-state index < -0.39 is 46.8 Å². The fourth-order valence-corrected chi connectivity index (χ4v) is 8.57. The maximum absolute atomic E-state index is 15.0. The van der Waals surface area contributed by atoms with E-state index in [1.807, 2.05) is 36.4 Å². The minimum Gasteiger partial charge on any atom is -0.508 e. The number of nitrogens with zero attached hydrogens (tertiary/aromatic N) is 2. The van der Waals surface area contributed by atoms with E-state index in [9.17, 15) is 19.5 Å². The lowest BCUT2D eigenvalue weighted by atomic mass is 9.49. The van der Waals surface area contributed by atoms with Gasteiger partial charge >= 0.3 is 0 Å². The minimum absolute atomic E-state index is 0.0201. The Morgan fingerprint density at radius 1 is 0.905 bits per heavy atom. The van der Waals surface area contributed by atoms with Gasteiger partial charge in [0.15, 0.2) is 0 Å². The first-order chi connectivity index (χ1) is 20.2. The summed E-state index contributed by atoms with van der Waals surface area (Å²) < 4.78 is 0.696. The summed E-state index contributed by atoms with van der Waals surface area (Å²) in [6.07, 6.45) is 2.52. The Morgan fingerprint density at radius 2 is 1.67 bits per heavy atom. The van der Waals surface area contributed by atoms with Gasteiger partial charge in [-0.15, -0.1) is 0 Å². The molecule has 0 bridgehead atoms. The number of phenolic OH excluding ortho intramolecular Hbond substituents is 1. The number of benzene rings is 3. The summed E-state index contributed by atoms with van der Waals surface area (Å²) in [6, 6.07) is 20.9. The second kappa shape index (κ2) is 9.64. The van der Waals surface area contributed by atoms with Crippen molar-refractivity contribution in [3.63, 3.8) is 0 Å². The zero-order valence-electron chi connectivity index (χ0n) is 22.5. The lowest BCUT2D eigenvalue weighted by Gasteiger charge is -2.50. The van der Waals surface area contributed by atoms with Gasteiger partial charge in [0.25, 0.3) is 0 Å². The van der Waals surface area contributed by atoms with Crippen LogP contribution in [0.4, 0.5) is 5.69 Å². The fourth-order valence-electron chi connectivity index (χ4n) is 8.00. The average Bonchev–Trinajstić information content (AvgIpc) is 3.35. The van der Waals surface area contributed by atoms with E-state index in [2.05, 4.69) is 15.9 Å². The van der Waals surface area contributed by atoms with Gasteiger partial charge in [0.2, 0.25) is 23.6 Å². The van der Waals surface area contributed by atoms with Crippen LogP contribution in [0.1, 0.15) is 29.9 Å². The lowest BCUT2D eigenvalue weighted by molar-refractivity contribution is -0.138. The first kappa shape index (κ1) is 27.1. The Balaban J connectivity index is 1.54. The molecule has 6 atom stereocenters. The third-order valence-corrected chi connectivity index (χ3v) is 10.4. The summed E-state index contributed by atoms with van der Waals surface area (Å²) >= 11 is 9.86. The molecule has 3 aromatic rings. The van der Waals surface area contributed by atoms with Gasteiger partial charge < -0.3 is 5.11 Å². The van der Waals surface area contributed by atoms with Crippen molar-refractivity contribution in [2.75, 3.05) is 11.9 Å². The Kier molecular flexibility index (Phi) is 6.22. The van der Waals surface area contributed by atoms with E-state index in [0.29, 0.717) is 32.7 Å². The third kappa shape index (κ3) is 3.57. The van der Waals surface area contributed by atoms with Crippen LogP contribution in [0.5, 0.6) is 5.75 Å². The van der Waals surface area contributed by atoms with E-state index >= 15 is 4.79 Å². The number of aromatic hydroxyl groups is 1. The average molecular weight is 646 g/mol. The van der Waals surface area contributed by atoms with Crippen LogP contribution in [0.25, 0.3) is 0 Å². The second-order valence-corrected chi connectivity index (χ2v) is 12.9. The van der Waals surface area contributed by atoms with Crippen molar-refractivity contribution >= 4 is 56.8 Å². The summed E-state index contributed by atoms with van der Waals surface area (Å²) in [5.41, 5.74) is 0.865. The van der Waals surface area contributed by atoms with E-state index in [1.54, 1.807) is 42.5 Å². The number of allylic oxidation sites excluding steroid dienone is 2. The number of halogens is 2. The molecule has 2 aliphatic carbocycles. The highest BCUT2D eigenvalue weighted by Gasteiger charge is 2.70. The van der Waals surface area contributed by atoms with Gasteiger partial charge in [-0.3, -0.25) is 24.1 Å². The van der Waals surface area contributed by atoms with Gasteiger partial charge in [-0.05, 0) is 60.7 Å². The first-order valence-corrected chi connectivity index (χ1v) is 15.0. The molecule has 6 unspecified atom stereocenters. The number of likely N-dealkylation sites (tertiary alicyclic amines) is 1. The minimum atomic E-state index is -1.42. The molecule has 9 heteroatoms. The number of imide groups is 2.